The Kier molecular flexibility index (Phi) is 5.72. The molecule has 8 nitrogen and oxygen atoms in total. The van der Waals surface area contributed by atoms with E-state index in [9.17, 15) is 22.8 Å². The Morgan fingerprint density at radius 3 is 2.34 bits per heavy atom. The summed E-state index contributed by atoms with van der Waals surface area (Å²) < 4.78 is 47.2. The third-order valence-corrected chi connectivity index (χ3v) is 6.60. The van der Waals surface area contributed by atoms with Gasteiger partial charge in [0.25, 0.3) is 5.91 Å². The topological polar surface area (TPSA) is 75.2 Å². The molecule has 2 aliphatic heterocycles. The van der Waals surface area contributed by atoms with E-state index in [1.54, 1.807) is 11.1 Å². The molecule has 2 aromatic rings. The fourth-order valence-electron chi connectivity index (χ4n) is 4.85. The van der Waals surface area contributed by atoms with Crippen LogP contribution in [0.4, 0.5) is 29.3 Å². The second-order valence-corrected chi connectivity index (χ2v) is 8.83. The molecule has 3 heterocycles. The first-order valence-electron chi connectivity index (χ1n) is 11.6. The minimum absolute atomic E-state index is 0.199. The molecule has 0 N–H and O–H groups in total. The number of benzene rings is 1. The van der Waals surface area contributed by atoms with Crippen LogP contribution in [0.25, 0.3) is 0 Å². The van der Waals surface area contributed by atoms with Crippen molar-refractivity contribution in [3.8, 4) is 11.6 Å². The Bertz CT molecular complexity index is 1130. The Hall–Kier alpha value is -3.50. The van der Waals surface area contributed by atoms with E-state index in [0.717, 1.165) is 54.2 Å². The zero-order chi connectivity index (χ0) is 24.8. The van der Waals surface area contributed by atoms with E-state index in [1.807, 2.05) is 13.0 Å². The van der Waals surface area contributed by atoms with Gasteiger partial charge < -0.3 is 19.3 Å². The number of hydrogen-bond donors (Lipinski definition) is 0. The smallest absolute Gasteiger partial charge is 0.476 e. The average Bonchev–Trinajstić information content (AvgIpc) is 3.38. The molecule has 2 saturated heterocycles. The Balaban J connectivity index is 1.44. The number of anilines is 2. The lowest BCUT2D eigenvalue weighted by molar-refractivity contribution is -0.274. The van der Waals surface area contributed by atoms with Crippen molar-refractivity contribution in [1.29, 1.82) is 0 Å². The molecule has 1 aromatic carbocycles. The van der Waals surface area contributed by atoms with Crippen LogP contribution in [0.2, 0.25) is 0 Å². The summed E-state index contributed by atoms with van der Waals surface area (Å²) >= 11 is 0. The predicted molar refractivity (Wildman–Crippen MR) is 120 cm³/mol. The van der Waals surface area contributed by atoms with Crippen LogP contribution in [0.1, 0.15) is 38.2 Å². The van der Waals surface area contributed by atoms with Crippen LogP contribution in [0.3, 0.4) is 0 Å². The van der Waals surface area contributed by atoms with Crippen LogP contribution >= 0.6 is 0 Å². The lowest BCUT2D eigenvalue weighted by Crippen LogP contribution is -2.37. The molecular weight excluding hydrogens is 465 g/mol. The van der Waals surface area contributed by atoms with E-state index in [0.29, 0.717) is 25.3 Å². The predicted octanol–water partition coefficient (Wildman–Crippen LogP) is 4.48. The molecule has 1 spiro atoms. The number of rotatable bonds is 7. The van der Waals surface area contributed by atoms with Crippen molar-refractivity contribution in [3.05, 3.63) is 42.1 Å². The number of carbonyl (C=O) groups is 2. The monoisotopic (exact) mass is 490 g/mol. The molecule has 1 aliphatic carbocycles. The molecule has 3 fully saturated rings. The summed E-state index contributed by atoms with van der Waals surface area (Å²) in [6.07, 6.45) is -0.0241. The number of halogens is 3. The van der Waals surface area contributed by atoms with E-state index in [1.165, 1.54) is 12.1 Å². The van der Waals surface area contributed by atoms with Gasteiger partial charge in [0, 0.05) is 24.8 Å². The minimum Gasteiger partial charge on any atom is -0.476 e. The molecule has 186 valence electrons. The van der Waals surface area contributed by atoms with E-state index in [4.69, 9.17) is 4.74 Å². The maximum atomic E-state index is 13.5. The first-order chi connectivity index (χ1) is 16.7. The normalized spacial score (nSPS) is 19.1. The van der Waals surface area contributed by atoms with Crippen molar-refractivity contribution in [2.75, 3.05) is 29.5 Å². The average molecular weight is 490 g/mol. The number of nitrogens with zero attached hydrogens (tertiary/aromatic N) is 4. The van der Waals surface area contributed by atoms with Crippen LogP contribution < -0.4 is 19.3 Å². The van der Waals surface area contributed by atoms with Crippen LogP contribution in [0, 0.1) is 0 Å². The van der Waals surface area contributed by atoms with Crippen molar-refractivity contribution >= 4 is 23.3 Å². The van der Waals surface area contributed by atoms with Gasteiger partial charge in [-0.1, -0.05) is 0 Å². The van der Waals surface area contributed by atoms with E-state index >= 15 is 0 Å². The standard InChI is InChI=1S/C24H25F3N4O4/c1-2-34-20-19(29-13-3-4-14-29)16(9-12-28-20)15-30-22(33)31(21(32)23(30)10-11-23)17-5-7-18(8-6-17)35-24(25,26)27/h5-9,12H,2-4,10-11,13-15H2,1H3. The van der Waals surface area contributed by atoms with Gasteiger partial charge in [0.2, 0.25) is 5.88 Å². The first kappa shape index (κ1) is 23.3. The summed E-state index contributed by atoms with van der Waals surface area (Å²) in [4.78, 5) is 36.0. The number of hydrogen-bond acceptors (Lipinski definition) is 6. The third kappa shape index (κ3) is 4.23. The highest BCUT2D eigenvalue weighted by Gasteiger charge is 2.65. The molecule has 0 radical (unpaired) electrons. The SMILES string of the molecule is CCOc1nccc(CN2C(=O)N(c3ccc(OC(F)(F)F)cc3)C(=O)C23CC3)c1N1CCCC1. The molecule has 3 amide bonds. The number of imide groups is 1. The third-order valence-electron chi connectivity index (χ3n) is 6.60. The molecule has 0 bridgehead atoms. The lowest BCUT2D eigenvalue weighted by atomic mass is 10.1. The number of amides is 3. The van der Waals surface area contributed by atoms with Crippen molar-refractivity contribution in [3.63, 3.8) is 0 Å². The maximum absolute atomic E-state index is 13.5. The van der Waals surface area contributed by atoms with Crippen LogP contribution in [0.5, 0.6) is 11.6 Å². The fourth-order valence-corrected chi connectivity index (χ4v) is 4.85. The molecule has 11 heteroatoms. The number of urea groups is 1. The quantitative estimate of drug-likeness (QED) is 0.533. The molecule has 35 heavy (non-hydrogen) atoms. The van der Waals surface area contributed by atoms with E-state index in [-0.39, 0.29) is 18.1 Å². The second-order valence-electron chi connectivity index (χ2n) is 8.83. The zero-order valence-electron chi connectivity index (χ0n) is 19.2. The van der Waals surface area contributed by atoms with Gasteiger partial charge in [-0.05, 0) is 62.9 Å². The first-order valence-corrected chi connectivity index (χ1v) is 11.6. The van der Waals surface area contributed by atoms with Crippen molar-refractivity contribution in [2.24, 2.45) is 0 Å². The fraction of sp³-hybridized carbons (Fsp3) is 0.458. The number of pyridine rings is 1. The Morgan fingerprint density at radius 2 is 1.74 bits per heavy atom. The highest BCUT2D eigenvalue weighted by Crippen LogP contribution is 2.50. The summed E-state index contributed by atoms with van der Waals surface area (Å²) in [5.74, 6) is -0.283. The van der Waals surface area contributed by atoms with Gasteiger partial charge in [0.05, 0.1) is 18.8 Å². The summed E-state index contributed by atoms with van der Waals surface area (Å²) in [7, 11) is 0. The summed E-state index contributed by atoms with van der Waals surface area (Å²) in [6, 6.07) is 6.09. The van der Waals surface area contributed by atoms with Crippen molar-refractivity contribution in [2.45, 2.75) is 51.1 Å². The number of alkyl halides is 3. The number of carbonyl (C=O) groups excluding carboxylic acids is 2. The van der Waals surface area contributed by atoms with Gasteiger partial charge in [-0.3, -0.25) is 4.79 Å². The summed E-state index contributed by atoms with van der Waals surface area (Å²) in [5.41, 5.74) is 0.951. The van der Waals surface area contributed by atoms with Gasteiger partial charge in [-0.15, -0.1) is 13.2 Å². The van der Waals surface area contributed by atoms with Crippen LogP contribution in [0.15, 0.2) is 36.5 Å². The van der Waals surface area contributed by atoms with Gasteiger partial charge in [-0.2, -0.15) is 0 Å². The van der Waals surface area contributed by atoms with Crippen molar-refractivity contribution in [1.82, 2.24) is 9.88 Å². The molecule has 0 atom stereocenters. The molecular formula is C24H25F3N4O4. The number of aromatic nitrogens is 1. The molecule has 5 rings (SSSR count). The van der Waals surface area contributed by atoms with E-state index in [2.05, 4.69) is 14.6 Å². The molecule has 1 saturated carbocycles. The Labute approximate surface area is 200 Å². The summed E-state index contributed by atoms with van der Waals surface area (Å²) in [5, 5.41) is 0. The Morgan fingerprint density at radius 1 is 1.06 bits per heavy atom. The van der Waals surface area contributed by atoms with Crippen molar-refractivity contribution < 1.29 is 32.2 Å². The van der Waals surface area contributed by atoms with Gasteiger partial charge in [0.15, 0.2) is 0 Å². The van der Waals surface area contributed by atoms with Gasteiger partial charge in [0.1, 0.15) is 17.0 Å². The van der Waals surface area contributed by atoms with Gasteiger partial charge >= 0.3 is 12.4 Å². The maximum Gasteiger partial charge on any atom is 0.573 e. The zero-order valence-corrected chi connectivity index (χ0v) is 19.2. The molecule has 1 aromatic heterocycles. The largest absolute Gasteiger partial charge is 0.573 e. The lowest BCUT2D eigenvalue weighted by Gasteiger charge is -2.27. The second kappa shape index (κ2) is 8.62. The highest BCUT2D eigenvalue weighted by atomic mass is 19.4. The van der Waals surface area contributed by atoms with Crippen LogP contribution in [-0.4, -0.2) is 53.4 Å². The van der Waals surface area contributed by atoms with Gasteiger partial charge in [-0.25, -0.2) is 14.7 Å². The minimum atomic E-state index is -4.83. The number of ether oxygens (including phenoxy) is 2. The van der Waals surface area contributed by atoms with Crippen LogP contribution in [-0.2, 0) is 11.3 Å². The summed E-state index contributed by atoms with van der Waals surface area (Å²) in [6.45, 7) is 4.24. The highest BCUT2D eigenvalue weighted by molar-refractivity contribution is 6.24. The molecule has 3 aliphatic rings. The molecule has 0 unspecified atom stereocenters. The van der Waals surface area contributed by atoms with E-state index < -0.39 is 23.7 Å².